The molecule has 0 radical (unpaired) electrons. The number of hydrazone groups is 1. The molecule has 3 aromatic carbocycles. The lowest BCUT2D eigenvalue weighted by molar-refractivity contribution is -0.118. The number of hydrogen-bond acceptors (Lipinski definition) is 6. The van der Waals surface area contributed by atoms with E-state index in [-0.39, 0.29) is 12.5 Å². The summed E-state index contributed by atoms with van der Waals surface area (Å²) in [5.74, 6) is 0.618. The summed E-state index contributed by atoms with van der Waals surface area (Å²) in [5.41, 5.74) is 3.97. The fourth-order valence-electron chi connectivity index (χ4n) is 2.94. The Labute approximate surface area is 202 Å². The first-order valence-electron chi connectivity index (χ1n) is 10.4. The SMILES string of the molecule is CCOc1cc(/C=N\NC(=O)c2ccccc2Cl)ccc1OCC(=O)Nc1ccccc1OC. The van der Waals surface area contributed by atoms with Crippen LogP contribution in [-0.4, -0.2) is 38.4 Å². The van der Waals surface area contributed by atoms with Crippen LogP contribution in [0.2, 0.25) is 5.02 Å². The number of ether oxygens (including phenoxy) is 3. The second kappa shape index (κ2) is 12.3. The number of carbonyl (C=O) groups is 2. The third kappa shape index (κ3) is 6.73. The number of nitrogens with one attached hydrogen (secondary N) is 2. The summed E-state index contributed by atoms with van der Waals surface area (Å²) in [7, 11) is 1.53. The first kappa shape index (κ1) is 24.6. The number of nitrogens with zero attached hydrogens (tertiary/aromatic N) is 1. The minimum Gasteiger partial charge on any atom is -0.495 e. The zero-order valence-electron chi connectivity index (χ0n) is 18.7. The molecule has 8 nitrogen and oxygen atoms in total. The van der Waals surface area contributed by atoms with Gasteiger partial charge in [0.05, 0.1) is 36.2 Å². The lowest BCUT2D eigenvalue weighted by Crippen LogP contribution is -2.20. The van der Waals surface area contributed by atoms with Crippen molar-refractivity contribution in [1.82, 2.24) is 5.43 Å². The molecule has 0 aliphatic carbocycles. The number of hydrogen-bond donors (Lipinski definition) is 2. The summed E-state index contributed by atoms with van der Waals surface area (Å²) in [5, 5.41) is 7.06. The van der Waals surface area contributed by atoms with Gasteiger partial charge in [0.25, 0.3) is 11.8 Å². The van der Waals surface area contributed by atoms with Crippen molar-refractivity contribution in [2.45, 2.75) is 6.92 Å². The maximum atomic E-state index is 12.3. The highest BCUT2D eigenvalue weighted by atomic mass is 35.5. The van der Waals surface area contributed by atoms with Crippen LogP contribution < -0.4 is 25.0 Å². The normalized spacial score (nSPS) is 10.6. The Balaban J connectivity index is 1.62. The van der Waals surface area contributed by atoms with Gasteiger partial charge in [-0.15, -0.1) is 0 Å². The summed E-state index contributed by atoms with van der Waals surface area (Å²) in [6, 6.07) is 18.9. The van der Waals surface area contributed by atoms with Crippen molar-refractivity contribution in [1.29, 1.82) is 0 Å². The zero-order valence-corrected chi connectivity index (χ0v) is 19.5. The minimum atomic E-state index is -0.423. The smallest absolute Gasteiger partial charge is 0.272 e. The summed E-state index contributed by atoms with van der Waals surface area (Å²) in [6.45, 7) is 2.01. The van der Waals surface area contributed by atoms with Crippen molar-refractivity contribution >= 4 is 35.3 Å². The molecule has 176 valence electrons. The second-order valence-electron chi connectivity index (χ2n) is 6.86. The highest BCUT2D eigenvalue weighted by Crippen LogP contribution is 2.28. The lowest BCUT2D eigenvalue weighted by Gasteiger charge is -2.13. The molecule has 9 heteroatoms. The summed E-state index contributed by atoms with van der Waals surface area (Å²) < 4.78 is 16.5. The Morgan fingerprint density at radius 3 is 2.50 bits per heavy atom. The van der Waals surface area contributed by atoms with E-state index in [2.05, 4.69) is 15.8 Å². The molecule has 3 rings (SSSR count). The summed E-state index contributed by atoms with van der Waals surface area (Å²) >= 11 is 6.02. The molecule has 0 heterocycles. The molecule has 0 saturated heterocycles. The van der Waals surface area contributed by atoms with E-state index >= 15 is 0 Å². The second-order valence-corrected chi connectivity index (χ2v) is 7.26. The van der Waals surface area contributed by atoms with Crippen LogP contribution in [0.15, 0.2) is 71.8 Å². The molecular weight excluding hydrogens is 458 g/mol. The van der Waals surface area contributed by atoms with E-state index in [1.54, 1.807) is 60.7 Å². The van der Waals surface area contributed by atoms with Gasteiger partial charge in [0.15, 0.2) is 18.1 Å². The third-order valence-electron chi connectivity index (χ3n) is 4.51. The number of rotatable bonds is 10. The number of amides is 2. The van der Waals surface area contributed by atoms with Crippen molar-refractivity contribution in [3.05, 3.63) is 82.9 Å². The predicted octanol–water partition coefficient (Wildman–Crippen LogP) is 4.53. The van der Waals surface area contributed by atoms with Crippen LogP contribution in [0.3, 0.4) is 0 Å². The van der Waals surface area contributed by atoms with E-state index in [1.807, 2.05) is 13.0 Å². The maximum absolute atomic E-state index is 12.3. The van der Waals surface area contributed by atoms with Crippen LogP contribution in [0, 0.1) is 0 Å². The van der Waals surface area contributed by atoms with Crippen LogP contribution in [0.5, 0.6) is 17.2 Å². The average Bonchev–Trinajstić information content (AvgIpc) is 2.84. The Morgan fingerprint density at radius 2 is 1.74 bits per heavy atom. The monoisotopic (exact) mass is 481 g/mol. The topological polar surface area (TPSA) is 98.3 Å². The third-order valence-corrected chi connectivity index (χ3v) is 4.84. The largest absolute Gasteiger partial charge is 0.495 e. The van der Waals surface area contributed by atoms with Gasteiger partial charge in [0.1, 0.15) is 5.75 Å². The minimum absolute atomic E-state index is 0.223. The Hall–Kier alpha value is -4.04. The quantitative estimate of drug-likeness (QED) is 0.327. The first-order valence-corrected chi connectivity index (χ1v) is 10.8. The molecule has 0 aromatic heterocycles. The van der Waals surface area contributed by atoms with E-state index in [1.165, 1.54) is 13.3 Å². The molecule has 0 fully saturated rings. The highest BCUT2D eigenvalue weighted by molar-refractivity contribution is 6.33. The van der Waals surface area contributed by atoms with Gasteiger partial charge in [-0.1, -0.05) is 35.9 Å². The molecule has 0 saturated carbocycles. The number of carbonyl (C=O) groups excluding carboxylic acids is 2. The predicted molar refractivity (Wildman–Crippen MR) is 131 cm³/mol. The van der Waals surface area contributed by atoms with Crippen LogP contribution in [0.4, 0.5) is 5.69 Å². The molecule has 0 unspecified atom stereocenters. The van der Waals surface area contributed by atoms with Crippen LogP contribution >= 0.6 is 11.6 Å². The van der Waals surface area contributed by atoms with Gasteiger partial charge < -0.3 is 19.5 Å². The zero-order chi connectivity index (χ0) is 24.3. The van der Waals surface area contributed by atoms with Crippen molar-refractivity contribution < 1.29 is 23.8 Å². The Kier molecular flexibility index (Phi) is 8.88. The summed E-state index contributed by atoms with van der Waals surface area (Å²) in [6.07, 6.45) is 1.47. The van der Waals surface area contributed by atoms with Gasteiger partial charge in [-0.2, -0.15) is 5.10 Å². The molecule has 34 heavy (non-hydrogen) atoms. The average molecular weight is 482 g/mol. The van der Waals surface area contributed by atoms with E-state index in [0.717, 1.165) is 0 Å². The van der Waals surface area contributed by atoms with Crippen molar-refractivity contribution in [2.24, 2.45) is 5.10 Å². The van der Waals surface area contributed by atoms with E-state index in [0.29, 0.717) is 45.7 Å². The number of anilines is 1. The van der Waals surface area contributed by atoms with Crippen LogP contribution in [0.1, 0.15) is 22.8 Å². The number of methoxy groups -OCH3 is 1. The number of para-hydroxylation sites is 2. The molecule has 2 N–H and O–H groups in total. The molecule has 3 aromatic rings. The number of halogens is 1. The standard InChI is InChI=1S/C25H24ClN3O5/c1-3-33-23-14-17(15-27-29-25(31)18-8-4-5-9-19(18)26)12-13-22(23)34-16-24(30)28-20-10-6-7-11-21(20)32-2/h4-15H,3,16H2,1-2H3,(H,28,30)(H,29,31)/b27-15-. The maximum Gasteiger partial charge on any atom is 0.272 e. The van der Waals surface area contributed by atoms with Gasteiger partial charge in [-0.05, 0) is 55.0 Å². The molecule has 0 bridgehead atoms. The fourth-order valence-corrected chi connectivity index (χ4v) is 3.16. The van der Waals surface area contributed by atoms with Crippen molar-refractivity contribution in [3.8, 4) is 17.2 Å². The van der Waals surface area contributed by atoms with Crippen molar-refractivity contribution in [3.63, 3.8) is 0 Å². The molecule has 2 amide bonds. The van der Waals surface area contributed by atoms with Gasteiger partial charge in [-0.25, -0.2) is 5.43 Å². The van der Waals surface area contributed by atoms with E-state index in [9.17, 15) is 9.59 Å². The molecule has 0 spiro atoms. The number of benzene rings is 3. The fraction of sp³-hybridized carbons (Fsp3) is 0.160. The first-order chi connectivity index (χ1) is 16.5. The van der Waals surface area contributed by atoms with Gasteiger partial charge in [-0.3, -0.25) is 9.59 Å². The Bertz CT molecular complexity index is 1180. The molecular formula is C25H24ClN3O5. The lowest BCUT2D eigenvalue weighted by atomic mass is 10.2. The van der Waals surface area contributed by atoms with Crippen molar-refractivity contribution in [2.75, 3.05) is 25.6 Å². The van der Waals surface area contributed by atoms with Crippen LogP contribution in [0.25, 0.3) is 0 Å². The van der Waals surface area contributed by atoms with Gasteiger partial charge in [0.2, 0.25) is 0 Å². The van der Waals surface area contributed by atoms with E-state index < -0.39 is 5.91 Å². The Morgan fingerprint density at radius 1 is 0.971 bits per heavy atom. The molecule has 0 aliphatic heterocycles. The molecule has 0 atom stereocenters. The van der Waals surface area contributed by atoms with E-state index in [4.69, 9.17) is 25.8 Å². The molecule has 0 aliphatic rings. The van der Waals surface area contributed by atoms with Gasteiger partial charge in [0, 0.05) is 0 Å². The van der Waals surface area contributed by atoms with Crippen LogP contribution in [-0.2, 0) is 4.79 Å². The highest BCUT2D eigenvalue weighted by Gasteiger charge is 2.12. The summed E-state index contributed by atoms with van der Waals surface area (Å²) in [4.78, 5) is 24.5. The van der Waals surface area contributed by atoms with Gasteiger partial charge >= 0.3 is 0 Å².